The second kappa shape index (κ2) is 6.61. The molecule has 5 nitrogen and oxygen atoms in total. The molecule has 0 unspecified atom stereocenters. The molecule has 2 aromatic rings. The summed E-state index contributed by atoms with van der Waals surface area (Å²) in [7, 11) is 0. The molecule has 0 fully saturated rings. The molecule has 0 aliphatic heterocycles. The highest BCUT2D eigenvalue weighted by atomic mass is 19.4. The quantitative estimate of drug-likeness (QED) is 0.870. The van der Waals surface area contributed by atoms with E-state index in [-0.39, 0.29) is 22.4 Å². The van der Waals surface area contributed by atoms with Crippen molar-refractivity contribution < 1.29 is 37.7 Å². The normalized spacial score (nSPS) is 11.1. The zero-order valence-electron chi connectivity index (χ0n) is 12.0. The standard InChI is InChI=1S/C16H11F3O5/c17-16(18,19)11-4-5-13(24-8-14(20)21)12(7-11)9-2-1-3-10(6-9)15(22)23/h1-7H,8H2,(H,20,21)(H,22,23). The molecule has 0 atom stereocenters. The topological polar surface area (TPSA) is 83.8 Å². The average Bonchev–Trinajstić information content (AvgIpc) is 2.52. The summed E-state index contributed by atoms with van der Waals surface area (Å²) in [5, 5.41) is 17.7. The number of aromatic carboxylic acids is 1. The van der Waals surface area contributed by atoms with E-state index in [2.05, 4.69) is 0 Å². The third kappa shape index (κ3) is 4.03. The number of aliphatic carboxylic acids is 1. The maximum absolute atomic E-state index is 12.9. The summed E-state index contributed by atoms with van der Waals surface area (Å²) in [6.45, 7) is -0.739. The van der Waals surface area contributed by atoms with Crippen molar-refractivity contribution in [2.75, 3.05) is 6.61 Å². The number of benzene rings is 2. The molecule has 0 aromatic heterocycles. The zero-order valence-corrected chi connectivity index (χ0v) is 12.0. The number of carbonyl (C=O) groups is 2. The minimum atomic E-state index is -4.61. The molecular formula is C16H11F3O5. The van der Waals surface area contributed by atoms with E-state index in [0.29, 0.717) is 0 Å². The minimum Gasteiger partial charge on any atom is -0.481 e. The number of rotatable bonds is 5. The number of carboxylic acid groups (broad SMARTS) is 2. The Hall–Kier alpha value is -3.03. The monoisotopic (exact) mass is 340 g/mol. The van der Waals surface area contributed by atoms with Gasteiger partial charge in [0.2, 0.25) is 0 Å². The molecule has 0 saturated carbocycles. The number of carboxylic acids is 2. The predicted molar refractivity (Wildman–Crippen MR) is 77.0 cm³/mol. The van der Waals surface area contributed by atoms with E-state index >= 15 is 0 Å². The third-order valence-corrected chi connectivity index (χ3v) is 3.08. The molecular weight excluding hydrogens is 329 g/mol. The Balaban J connectivity index is 2.56. The Morgan fingerprint density at radius 2 is 1.75 bits per heavy atom. The van der Waals surface area contributed by atoms with Crippen molar-refractivity contribution in [2.24, 2.45) is 0 Å². The van der Waals surface area contributed by atoms with E-state index in [1.54, 1.807) is 0 Å². The zero-order chi connectivity index (χ0) is 17.9. The van der Waals surface area contributed by atoms with Gasteiger partial charge in [-0.3, -0.25) is 0 Å². The second-order valence-corrected chi connectivity index (χ2v) is 4.78. The fourth-order valence-electron chi connectivity index (χ4n) is 2.02. The lowest BCUT2D eigenvalue weighted by atomic mass is 9.99. The number of hydrogen-bond donors (Lipinski definition) is 2. The molecule has 0 amide bonds. The summed E-state index contributed by atoms with van der Waals surface area (Å²) in [4.78, 5) is 21.6. The SMILES string of the molecule is O=C(O)COc1ccc(C(F)(F)F)cc1-c1cccc(C(=O)O)c1. The molecule has 2 N–H and O–H groups in total. The third-order valence-electron chi connectivity index (χ3n) is 3.08. The number of halogens is 3. The van der Waals surface area contributed by atoms with Crippen LogP contribution in [0.25, 0.3) is 11.1 Å². The van der Waals surface area contributed by atoms with Gasteiger partial charge in [-0.15, -0.1) is 0 Å². The van der Waals surface area contributed by atoms with Gasteiger partial charge in [0.05, 0.1) is 11.1 Å². The Labute approximate surface area is 133 Å². The van der Waals surface area contributed by atoms with Crippen molar-refractivity contribution in [3.63, 3.8) is 0 Å². The average molecular weight is 340 g/mol. The highest BCUT2D eigenvalue weighted by Gasteiger charge is 2.31. The molecule has 0 spiro atoms. The predicted octanol–water partition coefficient (Wildman–Crippen LogP) is 3.53. The van der Waals surface area contributed by atoms with E-state index in [9.17, 15) is 22.8 Å². The van der Waals surface area contributed by atoms with Gasteiger partial charge in [-0.1, -0.05) is 12.1 Å². The van der Waals surface area contributed by atoms with E-state index in [1.165, 1.54) is 24.3 Å². The van der Waals surface area contributed by atoms with Crippen LogP contribution in [0.15, 0.2) is 42.5 Å². The summed E-state index contributed by atoms with van der Waals surface area (Å²) < 4.78 is 43.7. The van der Waals surface area contributed by atoms with E-state index < -0.39 is 30.3 Å². The van der Waals surface area contributed by atoms with Crippen LogP contribution in [0, 0.1) is 0 Å². The first-order valence-corrected chi connectivity index (χ1v) is 6.58. The summed E-state index contributed by atoms with van der Waals surface area (Å²) in [5.74, 6) is -2.62. The first kappa shape index (κ1) is 17.3. The molecule has 0 aliphatic carbocycles. The molecule has 0 aliphatic rings. The number of ether oxygens (including phenoxy) is 1. The molecule has 0 radical (unpaired) electrons. The van der Waals surface area contributed by atoms with Crippen molar-refractivity contribution in [2.45, 2.75) is 6.18 Å². The van der Waals surface area contributed by atoms with Crippen LogP contribution in [0.2, 0.25) is 0 Å². The van der Waals surface area contributed by atoms with Gasteiger partial charge in [0, 0.05) is 5.56 Å². The van der Waals surface area contributed by atoms with Crippen molar-refractivity contribution in [1.29, 1.82) is 0 Å². The van der Waals surface area contributed by atoms with Crippen molar-refractivity contribution >= 4 is 11.9 Å². The molecule has 126 valence electrons. The van der Waals surface area contributed by atoms with Crippen molar-refractivity contribution in [1.82, 2.24) is 0 Å². The largest absolute Gasteiger partial charge is 0.481 e. The summed E-state index contributed by atoms with van der Waals surface area (Å²) in [6, 6.07) is 7.83. The number of hydrogen-bond acceptors (Lipinski definition) is 3. The molecule has 2 rings (SSSR count). The smallest absolute Gasteiger partial charge is 0.416 e. The van der Waals surface area contributed by atoms with Crippen LogP contribution < -0.4 is 4.74 Å². The fraction of sp³-hybridized carbons (Fsp3) is 0.125. The highest BCUT2D eigenvalue weighted by Crippen LogP contribution is 2.37. The first-order valence-electron chi connectivity index (χ1n) is 6.58. The maximum Gasteiger partial charge on any atom is 0.416 e. The summed E-state index contributed by atoms with van der Waals surface area (Å²) >= 11 is 0. The van der Waals surface area contributed by atoms with E-state index in [1.807, 2.05) is 0 Å². The highest BCUT2D eigenvalue weighted by molar-refractivity contribution is 5.90. The molecule has 0 bridgehead atoms. The molecule has 0 saturated heterocycles. The van der Waals surface area contributed by atoms with E-state index in [4.69, 9.17) is 14.9 Å². The van der Waals surface area contributed by atoms with E-state index in [0.717, 1.165) is 18.2 Å². The lowest BCUT2D eigenvalue weighted by Gasteiger charge is -2.14. The lowest BCUT2D eigenvalue weighted by molar-refractivity contribution is -0.140. The minimum absolute atomic E-state index is 0.0471. The molecule has 24 heavy (non-hydrogen) atoms. The molecule has 0 heterocycles. The van der Waals surface area contributed by atoms with Crippen molar-refractivity contribution in [3.05, 3.63) is 53.6 Å². The van der Waals surface area contributed by atoms with Gasteiger partial charge in [-0.25, -0.2) is 9.59 Å². The lowest BCUT2D eigenvalue weighted by Crippen LogP contribution is -2.11. The van der Waals surface area contributed by atoms with Gasteiger partial charge >= 0.3 is 18.1 Å². The van der Waals surface area contributed by atoms with Crippen LogP contribution in [-0.2, 0) is 11.0 Å². The van der Waals surface area contributed by atoms with Gasteiger partial charge in [-0.05, 0) is 35.9 Å². The Morgan fingerprint density at radius 1 is 1.04 bits per heavy atom. The van der Waals surface area contributed by atoms with Crippen LogP contribution in [-0.4, -0.2) is 28.8 Å². The van der Waals surface area contributed by atoms with Crippen LogP contribution in [0.1, 0.15) is 15.9 Å². The van der Waals surface area contributed by atoms with Gasteiger partial charge < -0.3 is 14.9 Å². The van der Waals surface area contributed by atoms with Crippen LogP contribution in [0.3, 0.4) is 0 Å². The van der Waals surface area contributed by atoms with Gasteiger partial charge in [0.25, 0.3) is 0 Å². The Kier molecular flexibility index (Phi) is 4.77. The Morgan fingerprint density at radius 3 is 2.33 bits per heavy atom. The molecule has 2 aromatic carbocycles. The van der Waals surface area contributed by atoms with Crippen LogP contribution in [0.4, 0.5) is 13.2 Å². The van der Waals surface area contributed by atoms with Gasteiger partial charge in [0.1, 0.15) is 5.75 Å². The van der Waals surface area contributed by atoms with Crippen LogP contribution in [0.5, 0.6) is 5.75 Å². The fourth-order valence-corrected chi connectivity index (χ4v) is 2.02. The first-order chi connectivity index (χ1) is 11.2. The van der Waals surface area contributed by atoms with Crippen LogP contribution >= 0.6 is 0 Å². The number of alkyl halides is 3. The van der Waals surface area contributed by atoms with Gasteiger partial charge in [0.15, 0.2) is 6.61 Å². The van der Waals surface area contributed by atoms with Crippen molar-refractivity contribution in [3.8, 4) is 16.9 Å². The summed E-state index contributed by atoms with van der Waals surface area (Å²) in [6.07, 6.45) is -4.61. The summed E-state index contributed by atoms with van der Waals surface area (Å²) in [5.41, 5.74) is -0.953. The molecule has 8 heteroatoms. The second-order valence-electron chi connectivity index (χ2n) is 4.78. The Bertz CT molecular complexity index is 784. The van der Waals surface area contributed by atoms with Gasteiger partial charge in [-0.2, -0.15) is 13.2 Å². The maximum atomic E-state index is 12.9.